The first-order valence-corrected chi connectivity index (χ1v) is 9.05. The lowest BCUT2D eigenvalue weighted by atomic mass is 10.1. The number of aromatic nitrogens is 1. The van der Waals surface area contributed by atoms with E-state index in [0.29, 0.717) is 11.1 Å². The van der Waals surface area contributed by atoms with Crippen LogP contribution in [0, 0.1) is 0 Å². The summed E-state index contributed by atoms with van der Waals surface area (Å²) in [5, 5.41) is 6.27. The van der Waals surface area contributed by atoms with E-state index in [0.717, 1.165) is 30.1 Å². The molecule has 0 bridgehead atoms. The minimum absolute atomic E-state index is 0.455. The Morgan fingerprint density at radius 1 is 1.04 bits per heavy atom. The highest BCUT2D eigenvalue weighted by Gasteiger charge is 2.09. The van der Waals surface area contributed by atoms with Crippen molar-refractivity contribution in [1.82, 2.24) is 9.88 Å². The van der Waals surface area contributed by atoms with Crippen LogP contribution in [0.25, 0.3) is 10.9 Å². The molecule has 4 heteroatoms. The average Bonchev–Trinajstić information content (AvgIpc) is 2.92. The zero-order chi connectivity index (χ0) is 17.1. The number of rotatable bonds is 6. The maximum Gasteiger partial charge on any atom is 0.0486 e. The molecule has 2 aromatic carbocycles. The summed E-state index contributed by atoms with van der Waals surface area (Å²) >= 11 is 12.2. The predicted molar refractivity (Wildman–Crippen MR) is 104 cm³/mol. The van der Waals surface area contributed by atoms with Gasteiger partial charge in [-0.2, -0.15) is 0 Å². The summed E-state index contributed by atoms with van der Waals surface area (Å²) in [4.78, 5) is 0. The molecule has 1 aromatic heterocycles. The van der Waals surface area contributed by atoms with Crippen LogP contribution in [0.1, 0.15) is 31.0 Å². The van der Waals surface area contributed by atoms with Crippen LogP contribution in [-0.4, -0.2) is 11.1 Å². The van der Waals surface area contributed by atoms with E-state index in [9.17, 15) is 0 Å². The van der Waals surface area contributed by atoms with Gasteiger partial charge in [-0.05, 0) is 56.1 Å². The van der Waals surface area contributed by atoms with Crippen molar-refractivity contribution in [2.45, 2.75) is 32.9 Å². The highest BCUT2D eigenvalue weighted by atomic mass is 35.5. The largest absolute Gasteiger partial charge is 0.345 e. The molecule has 3 aromatic rings. The summed E-state index contributed by atoms with van der Waals surface area (Å²) in [6.45, 7) is 6.16. The second-order valence-electron chi connectivity index (χ2n) is 6.34. The lowest BCUT2D eigenvalue weighted by Crippen LogP contribution is -2.16. The summed E-state index contributed by atoms with van der Waals surface area (Å²) in [7, 11) is 0. The molecule has 0 saturated carbocycles. The molecular weight excluding hydrogens is 339 g/mol. The van der Waals surface area contributed by atoms with Crippen LogP contribution >= 0.6 is 23.2 Å². The highest BCUT2D eigenvalue weighted by Crippen LogP contribution is 2.25. The third-order valence-electron chi connectivity index (χ3n) is 4.28. The first-order valence-electron chi connectivity index (χ1n) is 8.29. The lowest BCUT2D eigenvalue weighted by Gasteiger charge is -2.08. The quantitative estimate of drug-likeness (QED) is 0.544. The Hall–Kier alpha value is -1.48. The number of hydrogen-bond donors (Lipinski definition) is 1. The van der Waals surface area contributed by atoms with Crippen molar-refractivity contribution >= 4 is 34.1 Å². The summed E-state index contributed by atoms with van der Waals surface area (Å²) in [5.74, 6) is 0. The molecule has 1 N–H and O–H groups in total. The SMILES string of the molecule is CC(C)n1cc(CNCCc2ccc(Cl)cc2Cl)c2ccccc21. The summed E-state index contributed by atoms with van der Waals surface area (Å²) in [6.07, 6.45) is 3.15. The van der Waals surface area contributed by atoms with E-state index in [1.54, 1.807) is 6.07 Å². The third-order valence-corrected chi connectivity index (χ3v) is 4.87. The van der Waals surface area contributed by atoms with E-state index in [2.05, 4.69) is 54.2 Å². The second kappa shape index (κ2) is 7.60. The van der Waals surface area contributed by atoms with Crippen molar-refractivity contribution in [1.29, 1.82) is 0 Å². The molecule has 0 aliphatic carbocycles. The fourth-order valence-electron chi connectivity index (χ4n) is 3.02. The van der Waals surface area contributed by atoms with Crippen LogP contribution in [0.3, 0.4) is 0 Å². The molecule has 126 valence electrons. The molecule has 0 radical (unpaired) electrons. The Kier molecular flexibility index (Phi) is 5.50. The van der Waals surface area contributed by atoms with Crippen molar-refractivity contribution in [3.63, 3.8) is 0 Å². The molecule has 3 rings (SSSR count). The molecule has 0 aliphatic heterocycles. The van der Waals surface area contributed by atoms with Crippen LogP contribution in [0.2, 0.25) is 10.0 Å². The average molecular weight is 361 g/mol. The van der Waals surface area contributed by atoms with Gasteiger partial charge in [-0.1, -0.05) is 47.5 Å². The number of para-hydroxylation sites is 1. The monoisotopic (exact) mass is 360 g/mol. The van der Waals surface area contributed by atoms with Crippen LogP contribution in [0.15, 0.2) is 48.7 Å². The molecular formula is C20H22Cl2N2. The maximum atomic E-state index is 6.23. The van der Waals surface area contributed by atoms with Gasteiger partial charge in [-0.3, -0.25) is 0 Å². The number of nitrogens with zero attached hydrogens (tertiary/aromatic N) is 1. The normalized spacial score (nSPS) is 11.5. The van der Waals surface area contributed by atoms with E-state index in [1.165, 1.54) is 16.5 Å². The Balaban J connectivity index is 1.66. The van der Waals surface area contributed by atoms with Crippen LogP contribution in [0.4, 0.5) is 0 Å². The predicted octanol–water partition coefficient (Wildman–Crippen LogP) is 5.86. The van der Waals surface area contributed by atoms with Gasteiger partial charge in [0.25, 0.3) is 0 Å². The van der Waals surface area contributed by atoms with E-state index in [-0.39, 0.29) is 0 Å². The maximum absolute atomic E-state index is 6.23. The number of benzene rings is 2. The molecule has 0 atom stereocenters. The fraction of sp³-hybridized carbons (Fsp3) is 0.300. The van der Waals surface area contributed by atoms with Crippen molar-refractivity contribution < 1.29 is 0 Å². The Labute approximate surface area is 153 Å². The van der Waals surface area contributed by atoms with Gasteiger partial charge in [0.2, 0.25) is 0 Å². The Morgan fingerprint density at radius 2 is 1.83 bits per heavy atom. The van der Waals surface area contributed by atoms with Gasteiger partial charge in [0, 0.05) is 39.7 Å². The fourth-order valence-corrected chi connectivity index (χ4v) is 3.52. The molecule has 2 nitrogen and oxygen atoms in total. The van der Waals surface area contributed by atoms with E-state index in [4.69, 9.17) is 23.2 Å². The van der Waals surface area contributed by atoms with Crippen LogP contribution in [-0.2, 0) is 13.0 Å². The number of fused-ring (bicyclic) bond motifs is 1. The standard InChI is InChI=1S/C20H22Cl2N2/c1-14(2)24-13-16(18-5-3-4-6-20(18)24)12-23-10-9-15-7-8-17(21)11-19(15)22/h3-8,11,13-14,23H,9-10,12H2,1-2H3. The smallest absolute Gasteiger partial charge is 0.0486 e. The second-order valence-corrected chi connectivity index (χ2v) is 7.18. The van der Waals surface area contributed by atoms with Crippen molar-refractivity contribution in [2.24, 2.45) is 0 Å². The zero-order valence-corrected chi connectivity index (χ0v) is 15.5. The van der Waals surface area contributed by atoms with E-state index < -0.39 is 0 Å². The minimum atomic E-state index is 0.455. The van der Waals surface area contributed by atoms with Crippen LogP contribution in [0.5, 0.6) is 0 Å². The first kappa shape index (κ1) is 17.3. The highest BCUT2D eigenvalue weighted by molar-refractivity contribution is 6.35. The summed E-state index contributed by atoms with van der Waals surface area (Å²) < 4.78 is 2.34. The molecule has 0 aliphatic rings. The molecule has 0 saturated heterocycles. The van der Waals surface area contributed by atoms with Crippen molar-refractivity contribution in [3.8, 4) is 0 Å². The topological polar surface area (TPSA) is 17.0 Å². The number of nitrogens with one attached hydrogen (secondary N) is 1. The van der Waals surface area contributed by atoms with Gasteiger partial charge in [-0.25, -0.2) is 0 Å². The number of halogens is 2. The van der Waals surface area contributed by atoms with E-state index >= 15 is 0 Å². The minimum Gasteiger partial charge on any atom is -0.345 e. The third kappa shape index (κ3) is 3.77. The lowest BCUT2D eigenvalue weighted by molar-refractivity contribution is 0.616. The summed E-state index contributed by atoms with van der Waals surface area (Å²) in [5.41, 5.74) is 3.75. The molecule has 0 fully saturated rings. The summed E-state index contributed by atoms with van der Waals surface area (Å²) in [6, 6.07) is 14.7. The van der Waals surface area contributed by atoms with Crippen molar-refractivity contribution in [3.05, 3.63) is 69.8 Å². The van der Waals surface area contributed by atoms with Gasteiger partial charge < -0.3 is 9.88 Å². The Bertz CT molecular complexity index is 837. The van der Waals surface area contributed by atoms with Gasteiger partial charge in [0.05, 0.1) is 0 Å². The zero-order valence-electron chi connectivity index (χ0n) is 14.0. The van der Waals surface area contributed by atoms with Gasteiger partial charge >= 0.3 is 0 Å². The molecule has 1 heterocycles. The van der Waals surface area contributed by atoms with Crippen molar-refractivity contribution in [2.75, 3.05) is 6.54 Å². The van der Waals surface area contributed by atoms with Crippen LogP contribution < -0.4 is 5.32 Å². The molecule has 0 amide bonds. The molecule has 24 heavy (non-hydrogen) atoms. The van der Waals surface area contributed by atoms with Gasteiger partial charge in [0.1, 0.15) is 0 Å². The van der Waals surface area contributed by atoms with Gasteiger partial charge in [0.15, 0.2) is 0 Å². The molecule has 0 spiro atoms. The molecule has 0 unspecified atom stereocenters. The Morgan fingerprint density at radius 3 is 2.58 bits per heavy atom. The first-order chi connectivity index (χ1) is 11.6. The van der Waals surface area contributed by atoms with E-state index in [1.807, 2.05) is 12.1 Å². The van der Waals surface area contributed by atoms with Gasteiger partial charge in [-0.15, -0.1) is 0 Å². The number of hydrogen-bond acceptors (Lipinski definition) is 1.